The van der Waals surface area contributed by atoms with E-state index >= 15 is 0 Å². The summed E-state index contributed by atoms with van der Waals surface area (Å²) in [6.07, 6.45) is 3.86. The molecule has 18 heavy (non-hydrogen) atoms. The molecule has 4 nitrogen and oxygen atoms in total. The number of carbonyl (C=O) groups is 2. The van der Waals surface area contributed by atoms with Crippen LogP contribution in [0.2, 0.25) is 0 Å². The minimum absolute atomic E-state index is 0.0284. The van der Waals surface area contributed by atoms with Gasteiger partial charge in [-0.15, -0.1) is 0 Å². The van der Waals surface area contributed by atoms with Crippen molar-refractivity contribution < 1.29 is 19.1 Å². The molecule has 2 unspecified atom stereocenters. The van der Waals surface area contributed by atoms with Crippen LogP contribution in [0.1, 0.15) is 40.0 Å². The fraction of sp³-hybridized carbons (Fsp3) is 0.714. The summed E-state index contributed by atoms with van der Waals surface area (Å²) in [5.74, 6) is -0.190. The topological polar surface area (TPSA) is 52.6 Å². The first-order valence-corrected chi connectivity index (χ1v) is 6.62. The first-order chi connectivity index (χ1) is 8.58. The van der Waals surface area contributed by atoms with Gasteiger partial charge in [0, 0.05) is 6.08 Å². The third-order valence-corrected chi connectivity index (χ3v) is 3.26. The van der Waals surface area contributed by atoms with Gasteiger partial charge in [-0.3, -0.25) is 4.79 Å². The molecule has 4 heteroatoms. The molecule has 0 saturated heterocycles. The zero-order chi connectivity index (χ0) is 13.5. The predicted molar refractivity (Wildman–Crippen MR) is 67.9 cm³/mol. The highest BCUT2D eigenvalue weighted by atomic mass is 16.5. The summed E-state index contributed by atoms with van der Waals surface area (Å²) in [4.78, 5) is 23.0. The second-order valence-electron chi connectivity index (χ2n) is 4.60. The molecule has 0 bridgehead atoms. The number of esters is 2. The van der Waals surface area contributed by atoms with Gasteiger partial charge in [0.1, 0.15) is 0 Å². The van der Waals surface area contributed by atoms with Crippen molar-refractivity contribution in [1.29, 1.82) is 0 Å². The van der Waals surface area contributed by atoms with Gasteiger partial charge in [-0.1, -0.05) is 12.5 Å². The van der Waals surface area contributed by atoms with E-state index in [9.17, 15) is 9.59 Å². The molecule has 0 spiro atoms. The third-order valence-electron chi connectivity index (χ3n) is 3.26. The zero-order valence-corrected chi connectivity index (χ0v) is 11.4. The molecule has 0 N–H and O–H groups in total. The van der Waals surface area contributed by atoms with Crippen LogP contribution in [-0.2, 0) is 19.1 Å². The van der Waals surface area contributed by atoms with Crippen LogP contribution in [0.25, 0.3) is 0 Å². The van der Waals surface area contributed by atoms with Crippen LogP contribution >= 0.6 is 0 Å². The van der Waals surface area contributed by atoms with Crippen molar-refractivity contribution in [3.05, 3.63) is 11.6 Å². The molecular formula is C14H22O4. The number of ether oxygens (including phenoxy) is 2. The highest BCUT2D eigenvalue weighted by Gasteiger charge is 2.29. The van der Waals surface area contributed by atoms with E-state index in [0.717, 1.165) is 24.8 Å². The minimum Gasteiger partial charge on any atom is -0.466 e. The van der Waals surface area contributed by atoms with Gasteiger partial charge in [0.2, 0.25) is 0 Å². The first-order valence-electron chi connectivity index (χ1n) is 6.62. The Labute approximate surface area is 108 Å². The molecule has 0 heterocycles. The van der Waals surface area contributed by atoms with Gasteiger partial charge in [-0.25, -0.2) is 4.79 Å². The Morgan fingerprint density at radius 2 is 1.94 bits per heavy atom. The molecule has 1 aliphatic rings. The summed E-state index contributed by atoms with van der Waals surface area (Å²) in [5, 5.41) is 0. The van der Waals surface area contributed by atoms with E-state index in [2.05, 4.69) is 0 Å². The Hall–Kier alpha value is -1.32. The van der Waals surface area contributed by atoms with E-state index in [4.69, 9.17) is 9.47 Å². The summed E-state index contributed by atoms with van der Waals surface area (Å²) in [7, 11) is 0. The van der Waals surface area contributed by atoms with Crippen LogP contribution in [-0.4, -0.2) is 25.2 Å². The van der Waals surface area contributed by atoms with Crippen LogP contribution in [0, 0.1) is 11.8 Å². The predicted octanol–water partition coefficient (Wildman–Crippen LogP) is 2.48. The van der Waals surface area contributed by atoms with Gasteiger partial charge in [0.15, 0.2) is 0 Å². The number of hydrogen-bond donors (Lipinski definition) is 0. The summed E-state index contributed by atoms with van der Waals surface area (Å²) >= 11 is 0. The molecule has 0 aromatic heterocycles. The van der Waals surface area contributed by atoms with E-state index in [1.165, 1.54) is 0 Å². The molecule has 0 radical (unpaired) electrons. The van der Waals surface area contributed by atoms with Crippen LogP contribution < -0.4 is 0 Å². The van der Waals surface area contributed by atoms with Crippen LogP contribution in [0.4, 0.5) is 0 Å². The molecule has 1 saturated carbocycles. The minimum atomic E-state index is -0.283. The van der Waals surface area contributed by atoms with Crippen molar-refractivity contribution in [2.75, 3.05) is 13.2 Å². The Morgan fingerprint density at radius 1 is 1.28 bits per heavy atom. The molecule has 1 fully saturated rings. The first kappa shape index (κ1) is 14.7. The molecule has 1 aliphatic carbocycles. The third kappa shape index (κ3) is 4.17. The van der Waals surface area contributed by atoms with Gasteiger partial charge in [0.05, 0.1) is 19.1 Å². The van der Waals surface area contributed by atoms with Crippen LogP contribution in [0.5, 0.6) is 0 Å². The lowest BCUT2D eigenvalue weighted by Crippen LogP contribution is -2.25. The average molecular weight is 254 g/mol. The number of allylic oxidation sites excluding steroid dienone is 1. The van der Waals surface area contributed by atoms with E-state index in [0.29, 0.717) is 13.2 Å². The second kappa shape index (κ2) is 7.19. The number of rotatable bonds is 4. The van der Waals surface area contributed by atoms with Crippen molar-refractivity contribution in [3.8, 4) is 0 Å². The fourth-order valence-electron chi connectivity index (χ4n) is 2.31. The largest absolute Gasteiger partial charge is 0.466 e. The lowest BCUT2D eigenvalue weighted by Gasteiger charge is -2.27. The van der Waals surface area contributed by atoms with E-state index in [1.807, 2.05) is 13.8 Å². The van der Waals surface area contributed by atoms with Gasteiger partial charge in [0.25, 0.3) is 0 Å². The maximum absolute atomic E-state index is 11.6. The average Bonchev–Trinajstić information content (AvgIpc) is 2.32. The van der Waals surface area contributed by atoms with Gasteiger partial charge in [-0.2, -0.15) is 0 Å². The smallest absolute Gasteiger partial charge is 0.330 e. The molecule has 1 rings (SSSR count). The Kier molecular flexibility index (Phi) is 5.89. The maximum Gasteiger partial charge on any atom is 0.330 e. The van der Waals surface area contributed by atoms with E-state index < -0.39 is 0 Å². The number of hydrogen-bond acceptors (Lipinski definition) is 4. The molecule has 0 aromatic rings. The summed E-state index contributed by atoms with van der Waals surface area (Å²) < 4.78 is 9.93. The maximum atomic E-state index is 11.6. The normalized spacial score (nSPS) is 25.8. The standard InChI is InChI=1S/C14H22O4/c1-4-17-13(15)9-11-6-7-12(8-10(11)3)14(16)18-5-2/h9-10,12H,4-8H2,1-3H3/b11-9-. The van der Waals surface area contributed by atoms with Crippen molar-refractivity contribution in [2.45, 2.75) is 40.0 Å². The highest BCUT2D eigenvalue weighted by molar-refractivity contribution is 5.83. The lowest BCUT2D eigenvalue weighted by molar-refractivity contribution is -0.149. The zero-order valence-electron chi connectivity index (χ0n) is 11.4. The van der Waals surface area contributed by atoms with Crippen molar-refractivity contribution in [3.63, 3.8) is 0 Å². The van der Waals surface area contributed by atoms with Gasteiger partial charge < -0.3 is 9.47 Å². The molecule has 0 aliphatic heterocycles. The molecule has 102 valence electrons. The van der Waals surface area contributed by atoms with Crippen molar-refractivity contribution in [2.24, 2.45) is 11.8 Å². The Morgan fingerprint density at radius 3 is 2.50 bits per heavy atom. The molecule has 0 aromatic carbocycles. The highest BCUT2D eigenvalue weighted by Crippen LogP contribution is 2.33. The summed E-state index contributed by atoms with van der Waals surface area (Å²) in [5.41, 5.74) is 1.08. The van der Waals surface area contributed by atoms with E-state index in [1.54, 1.807) is 13.0 Å². The monoisotopic (exact) mass is 254 g/mol. The van der Waals surface area contributed by atoms with Gasteiger partial charge >= 0.3 is 11.9 Å². The molecular weight excluding hydrogens is 232 g/mol. The lowest BCUT2D eigenvalue weighted by atomic mass is 9.78. The SMILES string of the molecule is CCOC(=O)/C=C1/CCC(C(=O)OCC)CC1C. The second-order valence-corrected chi connectivity index (χ2v) is 4.60. The number of carbonyl (C=O) groups excluding carboxylic acids is 2. The van der Waals surface area contributed by atoms with Gasteiger partial charge in [-0.05, 0) is 39.0 Å². The quantitative estimate of drug-likeness (QED) is 0.571. The molecule has 2 atom stereocenters. The Balaban J connectivity index is 2.56. The van der Waals surface area contributed by atoms with Crippen LogP contribution in [0.15, 0.2) is 11.6 Å². The summed E-state index contributed by atoms with van der Waals surface area (Å²) in [6.45, 7) is 6.46. The fourth-order valence-corrected chi connectivity index (χ4v) is 2.31. The Bertz CT molecular complexity index is 333. The van der Waals surface area contributed by atoms with E-state index in [-0.39, 0.29) is 23.8 Å². The molecule has 0 amide bonds. The van der Waals surface area contributed by atoms with Crippen LogP contribution in [0.3, 0.4) is 0 Å². The summed E-state index contributed by atoms with van der Waals surface area (Å²) in [6, 6.07) is 0. The van der Waals surface area contributed by atoms with Crippen molar-refractivity contribution >= 4 is 11.9 Å². The van der Waals surface area contributed by atoms with Crippen molar-refractivity contribution in [1.82, 2.24) is 0 Å².